The first-order valence-electron chi connectivity index (χ1n) is 17.0. The average molecular weight is 686 g/mol. The topological polar surface area (TPSA) is 108 Å². The molecule has 4 aromatic rings. The SMILES string of the molecule is C#Cc1c(F)ccc2cc(O)cc(-c3ccc4c(N5CC6CCC(C5)N6)nc(OCC5(CN6CC7(CCS(=O)(=O)C7)C6)CC5)nc4c3F)c12. The minimum absolute atomic E-state index is 0.00639. The van der Waals surface area contributed by atoms with Crippen molar-refractivity contribution in [2.75, 3.05) is 55.7 Å². The van der Waals surface area contributed by atoms with Crippen LogP contribution in [0.1, 0.15) is 37.7 Å². The summed E-state index contributed by atoms with van der Waals surface area (Å²) in [4.78, 5) is 14.0. The van der Waals surface area contributed by atoms with Crippen LogP contribution < -0.4 is 15.0 Å². The fourth-order valence-corrected chi connectivity index (χ4v) is 11.0. The Hall–Kier alpha value is -4.05. The summed E-state index contributed by atoms with van der Waals surface area (Å²) >= 11 is 0. The number of aromatic hydroxyl groups is 1. The molecule has 9 nitrogen and oxygen atoms in total. The van der Waals surface area contributed by atoms with Crippen molar-refractivity contribution in [1.82, 2.24) is 20.2 Å². The molecule has 1 aliphatic carbocycles. The highest BCUT2D eigenvalue weighted by molar-refractivity contribution is 7.91. The molecule has 2 bridgehead atoms. The standard InChI is InChI=1S/C37H37F2N5O4S/c1-2-26-30(38)8-3-22-13-25(45)14-29(31(22)26)27-6-7-28-33(32(27)39)41-35(42-34(28)44-15-23-4-5-24(16-44)40-23)48-20-36(9-10-36)17-43-18-37(19-43)11-12-49(46,47)21-37/h1,3,6-8,13-14,23-24,40,45H,4-5,9-12,15-21H2. The quantitative estimate of drug-likeness (QED) is 0.269. The number of nitrogens with zero attached hydrogens (tertiary/aromatic N) is 4. The Kier molecular flexibility index (Phi) is 6.94. The lowest BCUT2D eigenvalue weighted by molar-refractivity contribution is -0.00119. The first kappa shape index (κ1) is 31.0. The van der Waals surface area contributed by atoms with Crippen molar-refractivity contribution in [3.05, 3.63) is 53.6 Å². The minimum Gasteiger partial charge on any atom is -0.508 e. The summed E-state index contributed by atoms with van der Waals surface area (Å²) in [5.74, 6) is 2.25. The molecule has 2 atom stereocenters. The third-order valence-corrected chi connectivity index (χ3v) is 13.3. The van der Waals surface area contributed by atoms with Crippen LogP contribution >= 0.6 is 0 Å². The molecule has 1 spiro atoms. The van der Waals surface area contributed by atoms with Gasteiger partial charge in [-0.25, -0.2) is 17.2 Å². The van der Waals surface area contributed by atoms with Crippen molar-refractivity contribution in [3.63, 3.8) is 0 Å². The van der Waals surface area contributed by atoms with E-state index in [2.05, 4.69) is 26.0 Å². The Morgan fingerprint density at radius 3 is 2.51 bits per heavy atom. The maximum atomic E-state index is 16.9. The molecule has 4 aliphatic heterocycles. The van der Waals surface area contributed by atoms with Crippen LogP contribution in [-0.2, 0) is 9.84 Å². The van der Waals surface area contributed by atoms with Crippen molar-refractivity contribution >= 4 is 37.3 Å². The lowest BCUT2D eigenvalue weighted by atomic mass is 9.79. The highest BCUT2D eigenvalue weighted by Gasteiger charge is 2.54. The Bertz CT molecular complexity index is 2180. The third kappa shape index (κ3) is 5.38. The van der Waals surface area contributed by atoms with Gasteiger partial charge in [0.05, 0.1) is 23.7 Å². The van der Waals surface area contributed by atoms with Gasteiger partial charge in [-0.05, 0) is 67.3 Å². The van der Waals surface area contributed by atoms with E-state index < -0.39 is 21.5 Å². The maximum Gasteiger partial charge on any atom is 0.319 e. The number of terminal acetylenes is 1. The monoisotopic (exact) mass is 685 g/mol. The van der Waals surface area contributed by atoms with E-state index in [4.69, 9.17) is 16.1 Å². The van der Waals surface area contributed by atoms with E-state index in [0.717, 1.165) is 64.8 Å². The van der Waals surface area contributed by atoms with Gasteiger partial charge in [0.1, 0.15) is 22.9 Å². The predicted octanol–water partition coefficient (Wildman–Crippen LogP) is 4.64. The lowest BCUT2D eigenvalue weighted by Crippen LogP contribution is -2.58. The number of hydrogen-bond donors (Lipinski definition) is 2. The van der Waals surface area contributed by atoms with E-state index in [9.17, 15) is 17.9 Å². The highest BCUT2D eigenvalue weighted by Crippen LogP contribution is 2.50. The second-order valence-corrected chi connectivity index (χ2v) is 17.3. The number of anilines is 1. The number of nitrogens with one attached hydrogen (secondary N) is 1. The molecule has 254 valence electrons. The van der Waals surface area contributed by atoms with E-state index in [1.165, 1.54) is 24.3 Å². The summed E-state index contributed by atoms with van der Waals surface area (Å²) in [6.07, 6.45) is 10.5. The van der Waals surface area contributed by atoms with Gasteiger partial charge >= 0.3 is 6.01 Å². The maximum absolute atomic E-state index is 16.9. The summed E-state index contributed by atoms with van der Waals surface area (Å²) < 4.78 is 62.3. The first-order chi connectivity index (χ1) is 23.5. The molecular weight excluding hydrogens is 649 g/mol. The Morgan fingerprint density at radius 2 is 1.82 bits per heavy atom. The number of phenols is 1. The van der Waals surface area contributed by atoms with E-state index in [1.54, 1.807) is 12.1 Å². The second-order valence-electron chi connectivity index (χ2n) is 15.1. The number of fused-ring (bicyclic) bond motifs is 4. The molecule has 4 saturated heterocycles. The number of phenolic OH excluding ortho intramolecular Hbond substituents is 1. The molecule has 2 N–H and O–H groups in total. The van der Waals surface area contributed by atoms with Gasteiger partial charge in [0, 0.05) is 72.0 Å². The van der Waals surface area contributed by atoms with Crippen molar-refractivity contribution in [2.45, 2.75) is 44.2 Å². The zero-order chi connectivity index (χ0) is 33.7. The number of hydrogen-bond acceptors (Lipinski definition) is 9. The van der Waals surface area contributed by atoms with Crippen LogP contribution in [0, 0.1) is 34.8 Å². The van der Waals surface area contributed by atoms with Crippen LogP contribution in [-0.4, -0.2) is 91.3 Å². The number of halogens is 2. The van der Waals surface area contributed by atoms with Gasteiger partial charge in [0.15, 0.2) is 15.7 Å². The molecular formula is C37H37F2N5O4S. The molecule has 5 heterocycles. The van der Waals surface area contributed by atoms with Crippen molar-refractivity contribution in [3.8, 4) is 35.2 Å². The number of ether oxygens (including phenoxy) is 1. The third-order valence-electron chi connectivity index (χ3n) is 11.4. The van der Waals surface area contributed by atoms with Crippen LogP contribution in [0.3, 0.4) is 0 Å². The lowest BCUT2D eigenvalue weighted by Gasteiger charge is -2.48. The van der Waals surface area contributed by atoms with Gasteiger partial charge in [0.25, 0.3) is 0 Å². The number of benzene rings is 3. The van der Waals surface area contributed by atoms with Gasteiger partial charge in [-0.15, -0.1) is 6.42 Å². The van der Waals surface area contributed by atoms with Crippen LogP contribution in [0.2, 0.25) is 0 Å². The van der Waals surface area contributed by atoms with Gasteiger partial charge < -0.3 is 25.0 Å². The summed E-state index contributed by atoms with van der Waals surface area (Å²) in [6.45, 7) is 4.22. The largest absolute Gasteiger partial charge is 0.508 e. The second kappa shape index (κ2) is 11.0. The molecule has 5 fully saturated rings. The molecule has 49 heavy (non-hydrogen) atoms. The van der Waals surface area contributed by atoms with Crippen LogP contribution in [0.4, 0.5) is 14.6 Å². The molecule has 5 aliphatic rings. The molecule has 1 saturated carbocycles. The van der Waals surface area contributed by atoms with Gasteiger partial charge in [-0.2, -0.15) is 9.97 Å². The summed E-state index contributed by atoms with van der Waals surface area (Å²) in [6, 6.07) is 9.77. The molecule has 1 aromatic heterocycles. The summed E-state index contributed by atoms with van der Waals surface area (Å²) in [5.41, 5.74) is 0.290. The zero-order valence-corrected chi connectivity index (χ0v) is 27.8. The van der Waals surface area contributed by atoms with Crippen molar-refractivity contribution in [1.29, 1.82) is 0 Å². The summed E-state index contributed by atoms with van der Waals surface area (Å²) in [7, 11) is -2.93. The van der Waals surface area contributed by atoms with Crippen molar-refractivity contribution in [2.24, 2.45) is 10.8 Å². The molecule has 12 heteroatoms. The van der Waals surface area contributed by atoms with Crippen molar-refractivity contribution < 1.29 is 27.0 Å². The number of likely N-dealkylation sites (tertiary alicyclic amines) is 1. The molecule has 0 amide bonds. The number of sulfone groups is 1. The highest BCUT2D eigenvalue weighted by atomic mass is 32.2. The number of piperazine rings is 1. The van der Waals surface area contributed by atoms with E-state index in [-0.39, 0.29) is 56.3 Å². The van der Waals surface area contributed by atoms with E-state index in [1.807, 2.05) is 0 Å². The first-order valence-corrected chi connectivity index (χ1v) is 18.8. The van der Waals surface area contributed by atoms with Crippen LogP contribution in [0.5, 0.6) is 11.8 Å². The predicted molar refractivity (Wildman–Crippen MR) is 183 cm³/mol. The smallest absolute Gasteiger partial charge is 0.319 e. The van der Waals surface area contributed by atoms with E-state index in [0.29, 0.717) is 40.7 Å². The van der Waals surface area contributed by atoms with Gasteiger partial charge in [0.2, 0.25) is 0 Å². The molecule has 9 rings (SSSR count). The number of rotatable bonds is 7. The Balaban J connectivity index is 1.07. The number of aromatic nitrogens is 2. The van der Waals surface area contributed by atoms with Gasteiger partial charge in [-0.1, -0.05) is 18.1 Å². The molecule has 0 radical (unpaired) electrons. The van der Waals surface area contributed by atoms with Crippen LogP contribution in [0.25, 0.3) is 32.8 Å². The van der Waals surface area contributed by atoms with E-state index >= 15 is 4.39 Å². The Morgan fingerprint density at radius 1 is 1.04 bits per heavy atom. The zero-order valence-electron chi connectivity index (χ0n) is 27.0. The fourth-order valence-electron chi connectivity index (χ4n) is 8.85. The van der Waals surface area contributed by atoms with Crippen LogP contribution in [0.15, 0.2) is 36.4 Å². The molecule has 3 aromatic carbocycles. The average Bonchev–Trinajstić information content (AvgIpc) is 3.63. The molecule has 2 unspecified atom stereocenters. The normalized spacial score (nSPS) is 24.7. The van der Waals surface area contributed by atoms with Gasteiger partial charge in [-0.3, -0.25) is 0 Å². The fraction of sp³-hybridized carbons (Fsp3) is 0.459. The Labute approximate surface area is 283 Å². The minimum atomic E-state index is -2.93. The summed E-state index contributed by atoms with van der Waals surface area (Å²) in [5, 5.41) is 15.6.